The van der Waals surface area contributed by atoms with E-state index in [1.165, 1.54) is 12.1 Å². The Balaban J connectivity index is 1.75. The predicted molar refractivity (Wildman–Crippen MR) is 84.5 cm³/mol. The van der Waals surface area contributed by atoms with Crippen LogP contribution in [0.25, 0.3) is 0 Å². The summed E-state index contributed by atoms with van der Waals surface area (Å²) in [6, 6.07) is 5.21. The standard InChI is InChI=1S/C15H21BrFN3O/c1-18-15(21)10-20-6-4-13(5-7-20)19-9-11-2-3-12(17)8-14(11)16/h2-3,8,13,19H,4-7,9-10H2,1H3,(H,18,21). The number of hydrogen-bond donors (Lipinski definition) is 2. The normalized spacial score (nSPS) is 16.9. The number of rotatable bonds is 5. The summed E-state index contributed by atoms with van der Waals surface area (Å²) in [5.74, 6) is -0.162. The molecule has 4 nitrogen and oxygen atoms in total. The Hall–Kier alpha value is -0.980. The highest BCUT2D eigenvalue weighted by Gasteiger charge is 2.20. The van der Waals surface area contributed by atoms with Gasteiger partial charge in [-0.3, -0.25) is 9.69 Å². The summed E-state index contributed by atoms with van der Waals surface area (Å²) >= 11 is 3.38. The summed E-state index contributed by atoms with van der Waals surface area (Å²) in [5, 5.41) is 6.16. The van der Waals surface area contributed by atoms with Crippen LogP contribution in [0.4, 0.5) is 4.39 Å². The smallest absolute Gasteiger partial charge is 0.233 e. The summed E-state index contributed by atoms with van der Waals surface area (Å²) in [5.41, 5.74) is 1.06. The van der Waals surface area contributed by atoms with E-state index in [1.807, 2.05) is 0 Å². The molecule has 0 unspecified atom stereocenters. The predicted octanol–water partition coefficient (Wildman–Crippen LogP) is 1.89. The van der Waals surface area contributed by atoms with E-state index < -0.39 is 0 Å². The van der Waals surface area contributed by atoms with Gasteiger partial charge in [0.2, 0.25) is 5.91 Å². The fraction of sp³-hybridized carbons (Fsp3) is 0.533. The molecule has 1 saturated heterocycles. The monoisotopic (exact) mass is 357 g/mol. The van der Waals surface area contributed by atoms with Crippen LogP contribution in [0.3, 0.4) is 0 Å². The number of likely N-dealkylation sites (tertiary alicyclic amines) is 1. The van der Waals surface area contributed by atoms with E-state index in [9.17, 15) is 9.18 Å². The number of likely N-dealkylation sites (N-methyl/N-ethyl adjacent to an activating group) is 1. The van der Waals surface area contributed by atoms with Crippen molar-refractivity contribution in [2.75, 3.05) is 26.7 Å². The van der Waals surface area contributed by atoms with Gasteiger partial charge in [-0.1, -0.05) is 22.0 Å². The lowest BCUT2D eigenvalue weighted by atomic mass is 10.0. The molecule has 1 aromatic rings. The number of carbonyl (C=O) groups excluding carboxylic acids is 1. The van der Waals surface area contributed by atoms with E-state index in [4.69, 9.17) is 0 Å². The molecule has 6 heteroatoms. The number of hydrogen-bond acceptors (Lipinski definition) is 3. The third-order valence-electron chi connectivity index (χ3n) is 3.83. The zero-order valence-electron chi connectivity index (χ0n) is 12.2. The van der Waals surface area contributed by atoms with Crippen LogP contribution in [0, 0.1) is 5.82 Å². The molecule has 2 N–H and O–H groups in total. The number of nitrogens with zero attached hydrogens (tertiary/aromatic N) is 1. The van der Waals surface area contributed by atoms with Gasteiger partial charge >= 0.3 is 0 Å². The van der Waals surface area contributed by atoms with Crippen LogP contribution in [0.2, 0.25) is 0 Å². The zero-order chi connectivity index (χ0) is 15.2. The van der Waals surface area contributed by atoms with Crippen molar-refractivity contribution in [3.8, 4) is 0 Å². The van der Waals surface area contributed by atoms with E-state index in [2.05, 4.69) is 31.5 Å². The van der Waals surface area contributed by atoms with Crippen molar-refractivity contribution < 1.29 is 9.18 Å². The van der Waals surface area contributed by atoms with Crippen molar-refractivity contribution in [2.24, 2.45) is 0 Å². The third-order valence-corrected chi connectivity index (χ3v) is 4.57. The molecule has 21 heavy (non-hydrogen) atoms. The van der Waals surface area contributed by atoms with Gasteiger partial charge in [0.25, 0.3) is 0 Å². The topological polar surface area (TPSA) is 44.4 Å². The van der Waals surface area contributed by atoms with Gasteiger partial charge < -0.3 is 10.6 Å². The quantitative estimate of drug-likeness (QED) is 0.845. The van der Waals surface area contributed by atoms with Gasteiger partial charge in [-0.25, -0.2) is 4.39 Å². The first-order valence-electron chi connectivity index (χ1n) is 7.18. The maximum absolute atomic E-state index is 13.0. The van der Waals surface area contributed by atoms with Crippen molar-refractivity contribution in [1.29, 1.82) is 0 Å². The van der Waals surface area contributed by atoms with E-state index in [-0.39, 0.29) is 11.7 Å². The maximum Gasteiger partial charge on any atom is 0.233 e. The molecule has 116 valence electrons. The molecule has 0 saturated carbocycles. The van der Waals surface area contributed by atoms with Gasteiger partial charge in [-0.2, -0.15) is 0 Å². The van der Waals surface area contributed by atoms with Crippen molar-refractivity contribution in [2.45, 2.75) is 25.4 Å². The van der Waals surface area contributed by atoms with Crippen LogP contribution < -0.4 is 10.6 Å². The second-order valence-electron chi connectivity index (χ2n) is 5.34. The number of piperidine rings is 1. The first-order chi connectivity index (χ1) is 10.1. The highest BCUT2D eigenvalue weighted by atomic mass is 79.9. The van der Waals surface area contributed by atoms with Crippen LogP contribution in [-0.4, -0.2) is 43.5 Å². The summed E-state index contributed by atoms with van der Waals surface area (Å²) in [4.78, 5) is 13.5. The molecule has 0 spiro atoms. The molecule has 1 fully saturated rings. The molecule has 0 aliphatic carbocycles. The molecule has 1 aliphatic rings. The summed E-state index contributed by atoms with van der Waals surface area (Å²) < 4.78 is 13.8. The number of benzene rings is 1. The highest BCUT2D eigenvalue weighted by molar-refractivity contribution is 9.10. The van der Waals surface area contributed by atoms with Crippen LogP contribution in [0.5, 0.6) is 0 Å². The lowest BCUT2D eigenvalue weighted by Gasteiger charge is -2.32. The van der Waals surface area contributed by atoms with Crippen molar-refractivity contribution >= 4 is 21.8 Å². The Morgan fingerprint density at radius 2 is 2.14 bits per heavy atom. The Kier molecular flexibility index (Phi) is 6.14. The molecular weight excluding hydrogens is 337 g/mol. The van der Waals surface area contributed by atoms with E-state index in [0.29, 0.717) is 12.6 Å². The Morgan fingerprint density at radius 3 is 2.76 bits per heavy atom. The van der Waals surface area contributed by atoms with Gasteiger partial charge in [-0.05, 0) is 30.5 Å². The molecule has 0 radical (unpaired) electrons. The zero-order valence-corrected chi connectivity index (χ0v) is 13.7. The third kappa shape index (κ3) is 5.05. The molecule has 1 aliphatic heterocycles. The molecular formula is C15H21BrFN3O. The van der Waals surface area contributed by atoms with Gasteiger partial charge in [0, 0.05) is 37.2 Å². The van der Waals surface area contributed by atoms with Crippen LogP contribution in [0.15, 0.2) is 22.7 Å². The number of carbonyl (C=O) groups is 1. The Morgan fingerprint density at radius 1 is 1.43 bits per heavy atom. The lowest BCUT2D eigenvalue weighted by Crippen LogP contribution is -2.45. The second-order valence-corrected chi connectivity index (χ2v) is 6.19. The number of amides is 1. The van der Waals surface area contributed by atoms with Crippen molar-refractivity contribution in [1.82, 2.24) is 15.5 Å². The average Bonchev–Trinajstić information content (AvgIpc) is 2.48. The molecule has 2 rings (SSSR count). The van der Waals surface area contributed by atoms with E-state index >= 15 is 0 Å². The largest absolute Gasteiger partial charge is 0.358 e. The molecule has 1 heterocycles. The molecule has 0 aromatic heterocycles. The fourth-order valence-corrected chi connectivity index (χ4v) is 2.99. The Labute approximate surface area is 133 Å². The van der Waals surface area contributed by atoms with E-state index in [0.717, 1.165) is 42.5 Å². The number of nitrogens with one attached hydrogen (secondary N) is 2. The SMILES string of the molecule is CNC(=O)CN1CCC(NCc2ccc(F)cc2Br)CC1. The lowest BCUT2D eigenvalue weighted by molar-refractivity contribution is -0.122. The Bertz CT molecular complexity index is 490. The molecule has 0 bridgehead atoms. The van der Waals surface area contributed by atoms with Gasteiger partial charge in [-0.15, -0.1) is 0 Å². The number of halogens is 2. The minimum Gasteiger partial charge on any atom is -0.358 e. The first kappa shape index (κ1) is 16.4. The fourth-order valence-electron chi connectivity index (χ4n) is 2.50. The van der Waals surface area contributed by atoms with Crippen molar-refractivity contribution in [3.63, 3.8) is 0 Å². The molecule has 0 atom stereocenters. The van der Waals surface area contributed by atoms with Gasteiger partial charge in [0.15, 0.2) is 0 Å². The molecule has 1 amide bonds. The van der Waals surface area contributed by atoms with Gasteiger partial charge in [0.1, 0.15) is 5.82 Å². The minimum absolute atomic E-state index is 0.0663. The summed E-state index contributed by atoms with van der Waals surface area (Å²) in [6.45, 7) is 3.05. The first-order valence-corrected chi connectivity index (χ1v) is 7.98. The van der Waals surface area contributed by atoms with E-state index in [1.54, 1.807) is 13.1 Å². The summed E-state index contributed by atoms with van der Waals surface area (Å²) in [6.07, 6.45) is 2.05. The van der Waals surface area contributed by atoms with Crippen LogP contribution in [-0.2, 0) is 11.3 Å². The maximum atomic E-state index is 13.0. The van der Waals surface area contributed by atoms with Crippen LogP contribution >= 0.6 is 15.9 Å². The summed E-state index contributed by atoms with van der Waals surface area (Å²) in [7, 11) is 1.66. The average molecular weight is 358 g/mol. The van der Waals surface area contributed by atoms with Crippen molar-refractivity contribution in [3.05, 3.63) is 34.1 Å². The highest BCUT2D eigenvalue weighted by Crippen LogP contribution is 2.19. The molecule has 1 aromatic carbocycles. The second kappa shape index (κ2) is 7.87. The van der Waals surface area contributed by atoms with Crippen LogP contribution in [0.1, 0.15) is 18.4 Å². The van der Waals surface area contributed by atoms with Gasteiger partial charge in [0.05, 0.1) is 6.54 Å². The minimum atomic E-state index is -0.229.